The number of hydrogen-bond donors (Lipinski definition) is 2. The summed E-state index contributed by atoms with van der Waals surface area (Å²) in [5.74, 6) is -1.60. The summed E-state index contributed by atoms with van der Waals surface area (Å²) < 4.78 is 37.2. The molecule has 7 heteroatoms. The van der Waals surface area contributed by atoms with Crippen LogP contribution < -0.4 is 5.32 Å². The van der Waals surface area contributed by atoms with Crippen LogP contribution in [0.5, 0.6) is 0 Å². The number of carbonyl (C=O) groups excluding carboxylic acids is 1. The van der Waals surface area contributed by atoms with Crippen molar-refractivity contribution < 1.29 is 27.9 Å². The van der Waals surface area contributed by atoms with E-state index in [1.807, 2.05) is 0 Å². The maximum Gasteiger partial charge on any atom is 0.389 e. The summed E-state index contributed by atoms with van der Waals surface area (Å²) in [6.07, 6.45) is -3.36. The number of benzene rings is 1. The Morgan fingerprint density at radius 1 is 1.12 bits per heavy atom. The third-order valence-electron chi connectivity index (χ3n) is 4.35. The fourth-order valence-electron chi connectivity index (χ4n) is 2.98. The fourth-order valence-corrected chi connectivity index (χ4v) is 2.98. The lowest BCUT2D eigenvalue weighted by atomic mass is 9.86. The van der Waals surface area contributed by atoms with Gasteiger partial charge in [-0.15, -0.1) is 0 Å². The molecule has 132 valence electrons. The van der Waals surface area contributed by atoms with Crippen LogP contribution >= 0.6 is 0 Å². The van der Waals surface area contributed by atoms with E-state index in [9.17, 15) is 22.8 Å². The van der Waals surface area contributed by atoms with Gasteiger partial charge in [-0.05, 0) is 43.7 Å². The predicted molar refractivity (Wildman–Crippen MR) is 81.7 cm³/mol. The highest BCUT2D eigenvalue weighted by molar-refractivity contribution is 5.95. The molecule has 4 nitrogen and oxygen atoms in total. The fraction of sp³-hybridized carbons (Fsp3) is 0.529. The van der Waals surface area contributed by atoms with Gasteiger partial charge in [-0.1, -0.05) is 18.2 Å². The Bertz CT molecular complexity index is 593. The van der Waals surface area contributed by atoms with Crippen LogP contribution in [-0.4, -0.2) is 29.2 Å². The number of carboxylic acid groups (broad SMARTS) is 1. The van der Waals surface area contributed by atoms with Crippen molar-refractivity contribution in [3.8, 4) is 0 Å². The molecule has 1 aliphatic carbocycles. The maximum absolute atomic E-state index is 12.4. The number of aliphatic carboxylic acids is 1. The van der Waals surface area contributed by atoms with Crippen LogP contribution in [-0.2, 0) is 11.2 Å². The Hall–Kier alpha value is -2.05. The van der Waals surface area contributed by atoms with Gasteiger partial charge in [0, 0.05) is 18.0 Å². The number of alkyl halides is 3. The molecule has 0 heterocycles. The topological polar surface area (TPSA) is 66.4 Å². The molecule has 1 aromatic rings. The lowest BCUT2D eigenvalue weighted by Crippen LogP contribution is -2.39. The summed E-state index contributed by atoms with van der Waals surface area (Å²) >= 11 is 0. The van der Waals surface area contributed by atoms with Gasteiger partial charge >= 0.3 is 12.1 Å². The minimum Gasteiger partial charge on any atom is -0.481 e. The average molecular weight is 343 g/mol. The van der Waals surface area contributed by atoms with E-state index in [1.54, 1.807) is 12.1 Å². The molecule has 0 saturated heterocycles. The van der Waals surface area contributed by atoms with Crippen molar-refractivity contribution in [2.24, 2.45) is 5.92 Å². The minimum absolute atomic E-state index is 0.135. The van der Waals surface area contributed by atoms with Gasteiger partial charge in [-0.2, -0.15) is 13.2 Å². The van der Waals surface area contributed by atoms with Gasteiger partial charge in [0.05, 0.1) is 5.92 Å². The SMILES string of the molecule is O=C(NC1CCC(C(=O)O)CC1)c1ccccc1CCC(F)(F)F. The van der Waals surface area contributed by atoms with Crippen molar-refractivity contribution in [1.82, 2.24) is 5.32 Å². The molecule has 0 aromatic heterocycles. The maximum atomic E-state index is 12.4. The molecule has 24 heavy (non-hydrogen) atoms. The number of hydrogen-bond acceptors (Lipinski definition) is 2. The highest BCUT2D eigenvalue weighted by Crippen LogP contribution is 2.26. The van der Waals surface area contributed by atoms with Crippen molar-refractivity contribution in [3.63, 3.8) is 0 Å². The first-order chi connectivity index (χ1) is 11.3. The molecule has 0 aliphatic heterocycles. The van der Waals surface area contributed by atoms with Crippen molar-refractivity contribution in [2.45, 2.75) is 50.7 Å². The van der Waals surface area contributed by atoms with Crippen molar-refractivity contribution in [2.75, 3.05) is 0 Å². The molecule has 0 unspecified atom stereocenters. The molecule has 2 rings (SSSR count). The van der Waals surface area contributed by atoms with Crippen LogP contribution in [0.15, 0.2) is 24.3 Å². The number of aryl methyl sites for hydroxylation is 1. The summed E-state index contributed by atoms with van der Waals surface area (Å²) in [6, 6.07) is 6.14. The quantitative estimate of drug-likeness (QED) is 0.859. The average Bonchev–Trinajstić information content (AvgIpc) is 2.53. The van der Waals surface area contributed by atoms with Crippen LogP contribution in [0.25, 0.3) is 0 Å². The van der Waals surface area contributed by atoms with E-state index < -0.39 is 24.5 Å². The molecule has 1 aromatic carbocycles. The zero-order chi connectivity index (χ0) is 17.7. The smallest absolute Gasteiger partial charge is 0.389 e. The van der Waals surface area contributed by atoms with Crippen molar-refractivity contribution >= 4 is 11.9 Å². The van der Waals surface area contributed by atoms with Gasteiger partial charge in [-0.3, -0.25) is 9.59 Å². The molecule has 0 bridgehead atoms. The molecule has 1 fully saturated rings. The van der Waals surface area contributed by atoms with E-state index in [-0.39, 0.29) is 23.9 Å². The zero-order valence-electron chi connectivity index (χ0n) is 13.1. The van der Waals surface area contributed by atoms with E-state index in [1.165, 1.54) is 12.1 Å². The highest BCUT2D eigenvalue weighted by atomic mass is 19.4. The highest BCUT2D eigenvalue weighted by Gasteiger charge is 2.29. The molecule has 2 N–H and O–H groups in total. The number of carboxylic acids is 1. The second-order valence-corrected chi connectivity index (χ2v) is 6.13. The second kappa shape index (κ2) is 7.68. The summed E-state index contributed by atoms with van der Waals surface area (Å²) in [5.41, 5.74) is 0.619. The molecular weight excluding hydrogens is 323 g/mol. The molecule has 1 aliphatic rings. The van der Waals surface area contributed by atoms with Crippen LogP contribution in [0.2, 0.25) is 0 Å². The largest absolute Gasteiger partial charge is 0.481 e. The molecule has 1 saturated carbocycles. The van der Waals surface area contributed by atoms with Crippen LogP contribution in [0.3, 0.4) is 0 Å². The Kier molecular flexibility index (Phi) is 5.85. The monoisotopic (exact) mass is 343 g/mol. The van der Waals surface area contributed by atoms with Gasteiger partial charge in [0.25, 0.3) is 5.91 Å². The number of carbonyl (C=O) groups is 2. The lowest BCUT2D eigenvalue weighted by Gasteiger charge is -2.27. The van der Waals surface area contributed by atoms with Gasteiger partial charge in [0.15, 0.2) is 0 Å². The first-order valence-corrected chi connectivity index (χ1v) is 7.94. The molecule has 0 atom stereocenters. The first kappa shape index (κ1) is 18.3. The van der Waals surface area contributed by atoms with Gasteiger partial charge in [0.1, 0.15) is 0 Å². The minimum atomic E-state index is -4.27. The standard InChI is InChI=1S/C17H20F3NO3/c18-17(19,20)10-9-11-3-1-2-4-14(11)15(22)21-13-7-5-12(6-8-13)16(23)24/h1-4,12-13H,5-10H2,(H,21,22)(H,23,24). The molecule has 0 spiro atoms. The van der Waals surface area contributed by atoms with E-state index in [0.29, 0.717) is 31.2 Å². The van der Waals surface area contributed by atoms with Gasteiger partial charge in [0.2, 0.25) is 0 Å². The van der Waals surface area contributed by atoms with E-state index in [0.717, 1.165) is 0 Å². The Balaban J connectivity index is 1.96. The summed E-state index contributed by atoms with van der Waals surface area (Å²) in [7, 11) is 0. The Labute approximate surface area is 138 Å². The van der Waals surface area contributed by atoms with E-state index >= 15 is 0 Å². The third kappa shape index (κ3) is 5.25. The third-order valence-corrected chi connectivity index (χ3v) is 4.35. The summed E-state index contributed by atoms with van der Waals surface area (Å²) in [6.45, 7) is 0. The lowest BCUT2D eigenvalue weighted by molar-refractivity contribution is -0.142. The molecule has 1 amide bonds. The normalized spacial score (nSPS) is 21.3. The summed E-state index contributed by atoms with van der Waals surface area (Å²) in [5, 5.41) is 11.8. The van der Waals surface area contributed by atoms with Crippen molar-refractivity contribution in [3.05, 3.63) is 35.4 Å². The predicted octanol–water partition coefficient (Wildman–Crippen LogP) is 3.55. The van der Waals surface area contributed by atoms with Crippen molar-refractivity contribution in [1.29, 1.82) is 0 Å². The second-order valence-electron chi connectivity index (χ2n) is 6.13. The summed E-state index contributed by atoms with van der Waals surface area (Å²) in [4.78, 5) is 23.3. The number of amides is 1. The first-order valence-electron chi connectivity index (χ1n) is 7.94. The molecule has 0 radical (unpaired) electrons. The molecular formula is C17H20F3NO3. The Morgan fingerprint density at radius 3 is 2.33 bits per heavy atom. The van der Waals surface area contributed by atoms with Crippen LogP contribution in [0.4, 0.5) is 13.2 Å². The van der Waals surface area contributed by atoms with Gasteiger partial charge < -0.3 is 10.4 Å². The van der Waals surface area contributed by atoms with Crippen LogP contribution in [0, 0.1) is 5.92 Å². The number of rotatable bonds is 5. The van der Waals surface area contributed by atoms with E-state index in [2.05, 4.69) is 5.32 Å². The Morgan fingerprint density at radius 2 is 1.75 bits per heavy atom. The number of halogens is 3. The van der Waals surface area contributed by atoms with Crippen LogP contribution in [0.1, 0.15) is 48.0 Å². The van der Waals surface area contributed by atoms with E-state index in [4.69, 9.17) is 5.11 Å². The zero-order valence-corrected chi connectivity index (χ0v) is 13.1. The van der Waals surface area contributed by atoms with Gasteiger partial charge in [-0.25, -0.2) is 0 Å². The number of nitrogens with one attached hydrogen (secondary N) is 1.